The summed E-state index contributed by atoms with van der Waals surface area (Å²) in [6.45, 7) is 0. The van der Waals surface area contributed by atoms with E-state index in [1.54, 1.807) is 11.3 Å². The number of hydrogen-bond acceptors (Lipinski definition) is 6. The number of furan rings is 2. The van der Waals surface area contributed by atoms with Gasteiger partial charge in [0.15, 0.2) is 17.5 Å². The summed E-state index contributed by atoms with van der Waals surface area (Å²) in [4.78, 5) is 14.9. The van der Waals surface area contributed by atoms with Crippen LogP contribution in [-0.2, 0) is 0 Å². The molecule has 0 saturated carbocycles. The predicted octanol–water partition coefficient (Wildman–Crippen LogP) is 14.4. The fourth-order valence-corrected chi connectivity index (χ4v) is 9.50. The average molecular weight is 748 g/mol. The molecule has 0 aliphatic heterocycles. The molecule has 4 aromatic heterocycles. The van der Waals surface area contributed by atoms with Crippen LogP contribution in [-0.4, -0.2) is 15.0 Å². The predicted molar refractivity (Wildman–Crippen MR) is 234 cm³/mol. The number of benzene rings is 8. The van der Waals surface area contributed by atoms with Crippen molar-refractivity contribution in [3.8, 4) is 56.4 Å². The van der Waals surface area contributed by atoms with Crippen molar-refractivity contribution in [3.63, 3.8) is 0 Å². The molecule has 12 aromatic rings. The lowest BCUT2D eigenvalue weighted by Gasteiger charge is -2.11. The van der Waals surface area contributed by atoms with Crippen LogP contribution < -0.4 is 0 Å². The lowest BCUT2D eigenvalue weighted by Crippen LogP contribution is -1.99. The van der Waals surface area contributed by atoms with Crippen molar-refractivity contribution in [2.75, 3.05) is 0 Å². The van der Waals surface area contributed by atoms with Crippen LogP contribution >= 0.6 is 11.3 Å². The summed E-state index contributed by atoms with van der Waals surface area (Å²) in [7, 11) is 0. The fourth-order valence-electron chi connectivity index (χ4n) is 8.32. The second-order valence-electron chi connectivity index (χ2n) is 14.3. The summed E-state index contributed by atoms with van der Waals surface area (Å²) in [6, 6.07) is 60.9. The summed E-state index contributed by atoms with van der Waals surface area (Å²) >= 11 is 1.78. The first-order valence-electron chi connectivity index (χ1n) is 18.9. The van der Waals surface area contributed by atoms with E-state index < -0.39 is 0 Å². The number of hydrogen-bond donors (Lipinski definition) is 0. The van der Waals surface area contributed by atoms with E-state index in [1.165, 1.54) is 15.5 Å². The summed E-state index contributed by atoms with van der Waals surface area (Å²) in [5.74, 6) is 1.93. The van der Waals surface area contributed by atoms with Gasteiger partial charge < -0.3 is 8.83 Å². The number of aromatic nitrogens is 3. The molecule has 4 heterocycles. The van der Waals surface area contributed by atoms with Gasteiger partial charge in [-0.3, -0.25) is 0 Å². The molecule has 8 aromatic carbocycles. The van der Waals surface area contributed by atoms with Gasteiger partial charge in [0, 0.05) is 64.0 Å². The van der Waals surface area contributed by atoms with Gasteiger partial charge in [0.2, 0.25) is 0 Å². The highest BCUT2D eigenvalue weighted by Gasteiger charge is 2.21. The Morgan fingerprint density at radius 2 is 0.947 bits per heavy atom. The van der Waals surface area contributed by atoms with E-state index in [0.29, 0.717) is 17.5 Å². The molecule has 6 heteroatoms. The Morgan fingerprint density at radius 1 is 0.333 bits per heavy atom. The molecule has 57 heavy (non-hydrogen) atoms. The summed E-state index contributed by atoms with van der Waals surface area (Å²) < 4.78 is 15.4. The van der Waals surface area contributed by atoms with E-state index in [-0.39, 0.29) is 0 Å². The van der Waals surface area contributed by atoms with Gasteiger partial charge in [0.05, 0.1) is 0 Å². The third-order valence-electron chi connectivity index (χ3n) is 10.9. The molecule has 0 aliphatic carbocycles. The van der Waals surface area contributed by atoms with Gasteiger partial charge in [-0.05, 0) is 59.2 Å². The summed E-state index contributed by atoms with van der Waals surface area (Å²) in [5, 5.41) is 6.76. The average Bonchev–Trinajstić information content (AvgIpc) is 3.97. The lowest BCUT2D eigenvalue weighted by atomic mass is 9.92. The molecule has 12 rings (SSSR count). The molecular formula is C51H29N3O2S. The number of nitrogens with zero attached hydrogens (tertiary/aromatic N) is 3. The van der Waals surface area contributed by atoms with Gasteiger partial charge in [-0.15, -0.1) is 11.3 Å². The Bertz CT molecular complexity index is 3470. The van der Waals surface area contributed by atoms with E-state index in [2.05, 4.69) is 97.1 Å². The Balaban J connectivity index is 1.07. The standard InChI is InChI=1S/C51H29N3O2S/c1-3-13-30(14-4-1)49-52-50(31-15-5-2-6-16-31)54-51(53-49)32-25-26-38-45(29-32)57-44-24-12-20-36(47(38)44)40-28-33(27-39-35-17-7-9-21-41(35)56-48(39)40)34-19-11-23-43-46(34)37-18-8-10-22-42(37)55-43/h1-29H. The summed E-state index contributed by atoms with van der Waals surface area (Å²) in [5.41, 5.74) is 10.7. The number of para-hydroxylation sites is 2. The van der Waals surface area contributed by atoms with Gasteiger partial charge in [-0.2, -0.15) is 0 Å². The molecule has 0 fully saturated rings. The third kappa shape index (κ3) is 5.12. The smallest absolute Gasteiger partial charge is 0.164 e. The minimum atomic E-state index is 0.639. The molecule has 0 aliphatic rings. The molecular weight excluding hydrogens is 719 g/mol. The molecule has 0 radical (unpaired) electrons. The van der Waals surface area contributed by atoms with Crippen molar-refractivity contribution >= 4 is 75.4 Å². The highest BCUT2D eigenvalue weighted by atomic mass is 32.1. The topological polar surface area (TPSA) is 65.0 Å². The van der Waals surface area contributed by atoms with Crippen LogP contribution in [0.4, 0.5) is 0 Å². The zero-order valence-electron chi connectivity index (χ0n) is 30.3. The third-order valence-corrected chi connectivity index (χ3v) is 12.1. The zero-order chi connectivity index (χ0) is 37.5. The highest BCUT2D eigenvalue weighted by Crippen LogP contribution is 2.47. The van der Waals surface area contributed by atoms with Crippen LogP contribution in [0.25, 0.3) is 120 Å². The lowest BCUT2D eigenvalue weighted by molar-refractivity contribution is 0.669. The second kappa shape index (κ2) is 12.6. The number of fused-ring (bicyclic) bond motifs is 9. The van der Waals surface area contributed by atoms with Crippen LogP contribution in [0, 0.1) is 0 Å². The van der Waals surface area contributed by atoms with E-state index in [4.69, 9.17) is 23.8 Å². The van der Waals surface area contributed by atoms with Crippen molar-refractivity contribution < 1.29 is 8.83 Å². The van der Waals surface area contributed by atoms with Crippen molar-refractivity contribution in [3.05, 3.63) is 176 Å². The van der Waals surface area contributed by atoms with E-state index in [0.717, 1.165) is 87.5 Å². The van der Waals surface area contributed by atoms with Crippen LogP contribution in [0.15, 0.2) is 185 Å². The van der Waals surface area contributed by atoms with Crippen molar-refractivity contribution in [1.82, 2.24) is 15.0 Å². The van der Waals surface area contributed by atoms with Crippen LogP contribution in [0.5, 0.6) is 0 Å². The van der Waals surface area contributed by atoms with Gasteiger partial charge >= 0.3 is 0 Å². The number of rotatable bonds is 5. The van der Waals surface area contributed by atoms with Crippen molar-refractivity contribution in [1.29, 1.82) is 0 Å². The van der Waals surface area contributed by atoms with Crippen LogP contribution in [0.3, 0.4) is 0 Å². The second-order valence-corrected chi connectivity index (χ2v) is 15.4. The maximum atomic E-state index is 6.74. The Hall–Kier alpha value is -7.41. The molecule has 5 nitrogen and oxygen atoms in total. The monoisotopic (exact) mass is 747 g/mol. The zero-order valence-corrected chi connectivity index (χ0v) is 31.1. The van der Waals surface area contributed by atoms with Gasteiger partial charge in [0.1, 0.15) is 22.3 Å². The van der Waals surface area contributed by atoms with E-state index in [1.807, 2.05) is 78.9 Å². The van der Waals surface area contributed by atoms with E-state index >= 15 is 0 Å². The van der Waals surface area contributed by atoms with Gasteiger partial charge in [0.25, 0.3) is 0 Å². The maximum Gasteiger partial charge on any atom is 0.164 e. The Morgan fingerprint density at radius 3 is 1.70 bits per heavy atom. The van der Waals surface area contributed by atoms with Crippen molar-refractivity contribution in [2.24, 2.45) is 0 Å². The van der Waals surface area contributed by atoms with E-state index in [9.17, 15) is 0 Å². The molecule has 0 saturated heterocycles. The highest BCUT2D eigenvalue weighted by molar-refractivity contribution is 7.26. The van der Waals surface area contributed by atoms with Crippen molar-refractivity contribution in [2.45, 2.75) is 0 Å². The van der Waals surface area contributed by atoms with Gasteiger partial charge in [-0.1, -0.05) is 133 Å². The molecule has 0 unspecified atom stereocenters. The Labute approximate surface area is 330 Å². The van der Waals surface area contributed by atoms with Crippen LogP contribution in [0.1, 0.15) is 0 Å². The summed E-state index contributed by atoms with van der Waals surface area (Å²) in [6.07, 6.45) is 0. The van der Waals surface area contributed by atoms with Crippen LogP contribution in [0.2, 0.25) is 0 Å². The Kier molecular flexibility index (Phi) is 7.03. The molecule has 0 spiro atoms. The first-order chi connectivity index (χ1) is 28.2. The first kappa shape index (κ1) is 31.9. The molecule has 266 valence electrons. The molecule has 0 amide bonds. The largest absolute Gasteiger partial charge is 0.456 e. The minimum absolute atomic E-state index is 0.639. The minimum Gasteiger partial charge on any atom is -0.456 e. The normalized spacial score (nSPS) is 11.9. The molecule has 0 N–H and O–H groups in total. The molecule has 0 bridgehead atoms. The molecule has 0 atom stereocenters. The quantitative estimate of drug-likeness (QED) is 0.175. The fraction of sp³-hybridized carbons (Fsp3) is 0. The first-order valence-corrected chi connectivity index (χ1v) is 19.7. The van der Waals surface area contributed by atoms with Gasteiger partial charge in [-0.25, -0.2) is 15.0 Å². The SMILES string of the molecule is c1ccc(-c2nc(-c3ccccc3)nc(-c3ccc4c(c3)sc3cccc(-c5cc(-c6cccc7oc8ccccc8c67)cc6c5oc5ccccc56)c34)n2)cc1. The number of thiophene rings is 1. The maximum absolute atomic E-state index is 6.74.